The van der Waals surface area contributed by atoms with Gasteiger partial charge in [0.15, 0.2) is 5.96 Å². The van der Waals surface area contributed by atoms with Crippen LogP contribution in [0, 0.1) is 0 Å². The molecule has 1 saturated heterocycles. The van der Waals surface area contributed by atoms with Crippen LogP contribution in [0.3, 0.4) is 0 Å². The molecular formula is C20H34N4O4S. The van der Waals surface area contributed by atoms with Crippen molar-refractivity contribution in [1.82, 2.24) is 14.9 Å². The van der Waals surface area contributed by atoms with Crippen molar-refractivity contribution >= 4 is 16.0 Å². The van der Waals surface area contributed by atoms with Gasteiger partial charge in [0.2, 0.25) is 10.0 Å². The number of nitrogens with one attached hydrogen (secondary N) is 2. The first-order valence-electron chi connectivity index (χ1n) is 10.1. The molecule has 0 spiro atoms. The summed E-state index contributed by atoms with van der Waals surface area (Å²) in [5.74, 6) is 1.49. The van der Waals surface area contributed by atoms with Crippen molar-refractivity contribution in [1.29, 1.82) is 0 Å². The normalized spacial score (nSPS) is 18.0. The number of hydrogen-bond donors (Lipinski definition) is 2. The lowest BCUT2D eigenvalue weighted by Gasteiger charge is -2.23. The van der Waals surface area contributed by atoms with Gasteiger partial charge in [0.05, 0.1) is 19.9 Å². The van der Waals surface area contributed by atoms with Crippen LogP contribution in [-0.2, 0) is 21.3 Å². The van der Waals surface area contributed by atoms with Gasteiger partial charge in [-0.15, -0.1) is 0 Å². The van der Waals surface area contributed by atoms with Gasteiger partial charge in [0.1, 0.15) is 5.75 Å². The van der Waals surface area contributed by atoms with Gasteiger partial charge in [-0.3, -0.25) is 0 Å². The predicted molar refractivity (Wildman–Crippen MR) is 116 cm³/mol. The Kier molecular flexibility index (Phi) is 9.69. The van der Waals surface area contributed by atoms with Crippen LogP contribution in [0.4, 0.5) is 0 Å². The maximum Gasteiger partial charge on any atom is 0.211 e. The monoisotopic (exact) mass is 426 g/mol. The highest BCUT2D eigenvalue weighted by Crippen LogP contribution is 2.19. The van der Waals surface area contributed by atoms with E-state index < -0.39 is 10.0 Å². The van der Waals surface area contributed by atoms with Crippen molar-refractivity contribution in [2.24, 2.45) is 4.99 Å². The van der Waals surface area contributed by atoms with Crippen LogP contribution < -0.4 is 15.4 Å². The fraction of sp³-hybridized carbons (Fsp3) is 0.650. The van der Waals surface area contributed by atoms with E-state index in [0.29, 0.717) is 38.8 Å². The predicted octanol–water partition coefficient (Wildman–Crippen LogP) is 1.58. The Morgan fingerprint density at radius 3 is 2.69 bits per heavy atom. The first kappa shape index (κ1) is 23.4. The molecule has 1 aliphatic rings. The van der Waals surface area contributed by atoms with Crippen molar-refractivity contribution in [3.63, 3.8) is 0 Å². The minimum atomic E-state index is -3.18. The summed E-state index contributed by atoms with van der Waals surface area (Å²) in [5.41, 5.74) is 1.07. The van der Waals surface area contributed by atoms with Crippen molar-refractivity contribution in [3.8, 4) is 5.75 Å². The zero-order chi connectivity index (χ0) is 21.1. The molecule has 1 atom stereocenters. The number of hydrogen-bond acceptors (Lipinski definition) is 5. The van der Waals surface area contributed by atoms with E-state index in [4.69, 9.17) is 9.47 Å². The van der Waals surface area contributed by atoms with Crippen molar-refractivity contribution in [2.75, 3.05) is 46.2 Å². The van der Waals surface area contributed by atoms with Gasteiger partial charge in [0.25, 0.3) is 0 Å². The molecule has 2 rings (SSSR count). The fourth-order valence-electron chi connectivity index (χ4n) is 3.27. The molecule has 0 amide bonds. The number of guanidine groups is 1. The van der Waals surface area contributed by atoms with Crippen LogP contribution in [0.2, 0.25) is 0 Å². The molecule has 8 nitrogen and oxygen atoms in total. The molecule has 0 aliphatic carbocycles. The largest absolute Gasteiger partial charge is 0.497 e. The molecule has 1 fully saturated rings. The summed E-state index contributed by atoms with van der Waals surface area (Å²) < 4.78 is 36.0. The maximum absolute atomic E-state index is 12.0. The van der Waals surface area contributed by atoms with Crippen molar-refractivity contribution in [2.45, 2.75) is 38.8 Å². The maximum atomic E-state index is 12.0. The van der Waals surface area contributed by atoms with E-state index in [1.807, 2.05) is 31.2 Å². The van der Waals surface area contributed by atoms with Crippen LogP contribution >= 0.6 is 0 Å². The van der Waals surface area contributed by atoms with Gasteiger partial charge in [-0.25, -0.2) is 13.4 Å². The molecule has 0 bridgehead atoms. The lowest BCUT2D eigenvalue weighted by Crippen LogP contribution is -2.46. The van der Waals surface area contributed by atoms with Gasteiger partial charge in [-0.2, -0.15) is 4.31 Å². The molecule has 1 aromatic rings. The summed E-state index contributed by atoms with van der Waals surface area (Å²) in [7, 11) is -1.54. The molecule has 164 valence electrons. The number of nitrogens with zero attached hydrogens (tertiary/aromatic N) is 2. The molecule has 1 aliphatic heterocycles. The Bertz CT molecular complexity index is 737. The Balaban J connectivity index is 1.95. The molecule has 29 heavy (non-hydrogen) atoms. The summed E-state index contributed by atoms with van der Waals surface area (Å²) in [5, 5.41) is 6.63. The number of rotatable bonds is 11. The number of aliphatic imine (C=N–C) groups is 1. The van der Waals surface area contributed by atoms with Crippen LogP contribution in [0.25, 0.3) is 0 Å². The highest BCUT2D eigenvalue weighted by molar-refractivity contribution is 7.88. The second-order valence-corrected chi connectivity index (χ2v) is 8.98. The highest BCUT2D eigenvalue weighted by atomic mass is 32.2. The molecule has 0 aromatic heterocycles. The van der Waals surface area contributed by atoms with E-state index >= 15 is 0 Å². The van der Waals surface area contributed by atoms with Gasteiger partial charge >= 0.3 is 0 Å². The number of methoxy groups -OCH3 is 1. The molecule has 1 heterocycles. The van der Waals surface area contributed by atoms with E-state index in [1.165, 1.54) is 6.26 Å². The molecule has 9 heteroatoms. The number of ether oxygens (including phenoxy) is 2. The van der Waals surface area contributed by atoms with E-state index in [-0.39, 0.29) is 6.04 Å². The van der Waals surface area contributed by atoms with Gasteiger partial charge in [0, 0.05) is 38.9 Å². The SMILES string of the molecule is CCOCCCNC(=NCc1ccc(OC)cc1)NC[C@H]1CCCN1S(C)(=O)=O. The van der Waals surface area contributed by atoms with E-state index in [0.717, 1.165) is 37.1 Å². The van der Waals surface area contributed by atoms with E-state index in [2.05, 4.69) is 15.6 Å². The molecule has 1 aromatic carbocycles. The third-order valence-electron chi connectivity index (χ3n) is 4.80. The lowest BCUT2D eigenvalue weighted by molar-refractivity contribution is 0.145. The Hall–Kier alpha value is -1.84. The molecular weight excluding hydrogens is 392 g/mol. The van der Waals surface area contributed by atoms with Gasteiger partial charge in [-0.1, -0.05) is 12.1 Å². The molecule has 0 saturated carbocycles. The minimum absolute atomic E-state index is 0.0404. The third kappa shape index (κ3) is 8.20. The summed E-state index contributed by atoms with van der Waals surface area (Å²) in [4.78, 5) is 4.66. The van der Waals surface area contributed by atoms with Crippen molar-refractivity contribution < 1.29 is 17.9 Å². The minimum Gasteiger partial charge on any atom is -0.497 e. The first-order chi connectivity index (χ1) is 13.9. The van der Waals surface area contributed by atoms with Crippen LogP contribution in [0.15, 0.2) is 29.3 Å². The fourth-order valence-corrected chi connectivity index (χ4v) is 4.45. The molecule has 0 radical (unpaired) electrons. The number of sulfonamides is 1. The Morgan fingerprint density at radius 2 is 2.03 bits per heavy atom. The third-order valence-corrected chi connectivity index (χ3v) is 6.13. The summed E-state index contributed by atoms with van der Waals surface area (Å²) >= 11 is 0. The van der Waals surface area contributed by atoms with Crippen LogP contribution in [-0.4, -0.2) is 70.9 Å². The number of benzene rings is 1. The average Bonchev–Trinajstić information content (AvgIpc) is 3.19. The Labute approximate surface area is 174 Å². The molecule has 2 N–H and O–H groups in total. The van der Waals surface area contributed by atoms with Gasteiger partial charge < -0.3 is 20.1 Å². The van der Waals surface area contributed by atoms with Crippen LogP contribution in [0.1, 0.15) is 31.7 Å². The smallest absolute Gasteiger partial charge is 0.211 e. The highest BCUT2D eigenvalue weighted by Gasteiger charge is 2.31. The Morgan fingerprint density at radius 1 is 1.28 bits per heavy atom. The topological polar surface area (TPSA) is 92.3 Å². The zero-order valence-electron chi connectivity index (χ0n) is 17.7. The van der Waals surface area contributed by atoms with Gasteiger partial charge in [-0.05, 0) is 43.9 Å². The summed E-state index contributed by atoms with van der Waals surface area (Å²) in [6.07, 6.45) is 3.89. The lowest BCUT2D eigenvalue weighted by atomic mass is 10.2. The second kappa shape index (κ2) is 12.0. The summed E-state index contributed by atoms with van der Waals surface area (Å²) in [6, 6.07) is 7.75. The van der Waals surface area contributed by atoms with E-state index in [1.54, 1.807) is 11.4 Å². The quantitative estimate of drug-likeness (QED) is 0.317. The first-order valence-corrected chi connectivity index (χ1v) is 12.0. The standard InChI is InChI=1S/C20H34N4O4S/c1-4-28-14-6-12-21-20(22-15-17-8-10-19(27-2)11-9-17)23-16-18-7-5-13-24(18)29(3,25)26/h8-11,18H,4-7,12-16H2,1-3H3,(H2,21,22,23)/t18-/m1/s1. The summed E-state index contributed by atoms with van der Waals surface area (Å²) in [6.45, 7) is 5.75. The van der Waals surface area contributed by atoms with E-state index in [9.17, 15) is 8.42 Å². The average molecular weight is 427 g/mol. The van der Waals surface area contributed by atoms with Crippen molar-refractivity contribution in [3.05, 3.63) is 29.8 Å². The zero-order valence-corrected chi connectivity index (χ0v) is 18.5. The molecule has 0 unspecified atom stereocenters. The second-order valence-electron chi connectivity index (χ2n) is 7.04. The van der Waals surface area contributed by atoms with Crippen LogP contribution in [0.5, 0.6) is 5.75 Å².